The van der Waals surface area contributed by atoms with Crippen LogP contribution in [0.15, 0.2) is 40.4 Å². The predicted octanol–water partition coefficient (Wildman–Crippen LogP) is 0.893. The van der Waals surface area contributed by atoms with Crippen LogP contribution in [0.4, 0.5) is 0 Å². The number of sulfone groups is 1. The van der Waals surface area contributed by atoms with E-state index < -0.39 is 20.0 Å². The van der Waals surface area contributed by atoms with E-state index in [1.165, 1.54) is 12.1 Å². The van der Waals surface area contributed by atoms with Crippen molar-refractivity contribution in [2.45, 2.75) is 41.2 Å². The third kappa shape index (κ3) is 3.76. The van der Waals surface area contributed by atoms with Gasteiger partial charge in [0, 0.05) is 20.1 Å². The standard InChI is InChI=1S/C9H13N3O2S.C6H6O3S/c1-12-8-5-10-4-7(8)11-9(12)15(13,14)6-2-3-6;7-10(8,9)6-4-2-1-3-5-6/h6,10H,2-5H2,1H3;1-5H,(H,7,8,9). The van der Waals surface area contributed by atoms with Gasteiger partial charge in [0.25, 0.3) is 10.1 Å². The normalized spacial score (nSPS) is 16.9. The Morgan fingerprint density at radius 2 is 1.76 bits per heavy atom. The number of fused-ring (bicyclic) bond motifs is 1. The second-order valence-electron chi connectivity index (χ2n) is 5.98. The van der Waals surface area contributed by atoms with Gasteiger partial charge in [-0.1, -0.05) is 18.2 Å². The van der Waals surface area contributed by atoms with Gasteiger partial charge in [0.15, 0.2) is 0 Å². The van der Waals surface area contributed by atoms with Crippen molar-refractivity contribution in [3.63, 3.8) is 0 Å². The number of hydrogen-bond donors (Lipinski definition) is 2. The highest BCUT2D eigenvalue weighted by molar-refractivity contribution is 7.92. The van der Waals surface area contributed by atoms with E-state index in [1.54, 1.807) is 29.8 Å². The molecule has 10 heteroatoms. The maximum atomic E-state index is 12.0. The van der Waals surface area contributed by atoms with Crippen molar-refractivity contribution in [3.8, 4) is 0 Å². The molecule has 0 spiro atoms. The van der Waals surface area contributed by atoms with E-state index >= 15 is 0 Å². The summed E-state index contributed by atoms with van der Waals surface area (Å²) in [7, 11) is -5.37. The van der Waals surface area contributed by atoms with Gasteiger partial charge in [-0.15, -0.1) is 0 Å². The lowest BCUT2D eigenvalue weighted by Crippen LogP contribution is -2.15. The Balaban J connectivity index is 0.000000160. The monoisotopic (exact) mass is 385 g/mol. The molecule has 2 N–H and O–H groups in total. The molecule has 0 unspecified atom stereocenters. The van der Waals surface area contributed by atoms with Crippen molar-refractivity contribution < 1.29 is 21.4 Å². The SMILES string of the molecule is Cn1c(S(=O)(=O)C2CC2)nc2c1CNC2.O=S(=O)(O)c1ccccc1. The molecule has 2 heterocycles. The van der Waals surface area contributed by atoms with Crippen LogP contribution in [0.2, 0.25) is 0 Å². The molecule has 0 radical (unpaired) electrons. The molecule has 0 atom stereocenters. The first-order valence-electron chi connectivity index (χ1n) is 7.73. The molecule has 2 aliphatic rings. The summed E-state index contributed by atoms with van der Waals surface area (Å²) in [5.41, 5.74) is 1.89. The first kappa shape index (κ1) is 18.1. The number of benzene rings is 1. The molecule has 2 aromatic rings. The Kier molecular flexibility index (Phi) is 4.71. The van der Waals surface area contributed by atoms with Gasteiger partial charge in [-0.3, -0.25) is 4.55 Å². The minimum atomic E-state index is -4.00. The summed E-state index contributed by atoms with van der Waals surface area (Å²) in [5.74, 6) is 0. The van der Waals surface area contributed by atoms with Crippen molar-refractivity contribution in [1.82, 2.24) is 14.9 Å². The highest BCUT2D eigenvalue weighted by atomic mass is 32.2. The topological polar surface area (TPSA) is 118 Å². The molecular formula is C15H19N3O5S2. The van der Waals surface area contributed by atoms with Crippen LogP contribution in [0.1, 0.15) is 24.2 Å². The van der Waals surface area contributed by atoms with Gasteiger partial charge >= 0.3 is 0 Å². The van der Waals surface area contributed by atoms with E-state index in [2.05, 4.69) is 10.3 Å². The highest BCUT2D eigenvalue weighted by Gasteiger charge is 2.40. The molecular weight excluding hydrogens is 366 g/mol. The molecule has 1 aliphatic heterocycles. The van der Waals surface area contributed by atoms with Crippen molar-refractivity contribution in [2.75, 3.05) is 0 Å². The molecule has 0 saturated heterocycles. The zero-order valence-electron chi connectivity index (χ0n) is 13.6. The van der Waals surface area contributed by atoms with E-state index in [1.807, 2.05) is 0 Å². The Morgan fingerprint density at radius 3 is 2.24 bits per heavy atom. The van der Waals surface area contributed by atoms with Crippen LogP contribution in [0, 0.1) is 0 Å². The molecule has 0 bridgehead atoms. The van der Waals surface area contributed by atoms with Gasteiger partial charge in [0.05, 0.1) is 21.5 Å². The van der Waals surface area contributed by atoms with E-state index in [0.717, 1.165) is 30.8 Å². The lowest BCUT2D eigenvalue weighted by atomic mass is 10.4. The van der Waals surface area contributed by atoms with Crippen LogP contribution in [-0.4, -0.2) is 36.2 Å². The number of hydrogen-bond acceptors (Lipinski definition) is 6. The van der Waals surface area contributed by atoms with Gasteiger partial charge in [-0.25, -0.2) is 13.4 Å². The van der Waals surface area contributed by atoms with Gasteiger partial charge in [-0.2, -0.15) is 8.42 Å². The third-order valence-electron chi connectivity index (χ3n) is 4.10. The number of imidazole rings is 1. The zero-order chi connectivity index (χ0) is 18.2. The second-order valence-corrected chi connectivity index (χ2v) is 9.53. The fraction of sp³-hybridized carbons (Fsp3) is 0.400. The van der Waals surface area contributed by atoms with Crippen LogP contribution in [0.5, 0.6) is 0 Å². The first-order valence-corrected chi connectivity index (χ1v) is 10.7. The Bertz CT molecular complexity index is 978. The van der Waals surface area contributed by atoms with Crippen molar-refractivity contribution in [1.29, 1.82) is 0 Å². The molecule has 8 nitrogen and oxygen atoms in total. The summed E-state index contributed by atoms with van der Waals surface area (Å²) < 4.78 is 55.0. The lowest BCUT2D eigenvalue weighted by Gasteiger charge is -2.04. The third-order valence-corrected chi connectivity index (χ3v) is 7.19. The maximum absolute atomic E-state index is 12.0. The van der Waals surface area contributed by atoms with Crippen molar-refractivity contribution in [3.05, 3.63) is 41.7 Å². The molecule has 1 aromatic carbocycles. The zero-order valence-corrected chi connectivity index (χ0v) is 15.2. The van der Waals surface area contributed by atoms with Gasteiger partial charge in [0.2, 0.25) is 15.0 Å². The van der Waals surface area contributed by atoms with E-state index in [0.29, 0.717) is 6.54 Å². The predicted molar refractivity (Wildman–Crippen MR) is 90.2 cm³/mol. The highest BCUT2D eigenvalue weighted by Crippen LogP contribution is 2.34. The Labute approximate surface area is 146 Å². The molecule has 136 valence electrons. The van der Waals surface area contributed by atoms with Crippen LogP contribution in [0.25, 0.3) is 0 Å². The molecule has 1 aliphatic carbocycles. The minimum absolute atomic E-state index is 0.0741. The number of rotatable bonds is 3. The van der Waals surface area contributed by atoms with Gasteiger partial charge < -0.3 is 9.88 Å². The minimum Gasteiger partial charge on any atom is -0.321 e. The van der Waals surface area contributed by atoms with Crippen LogP contribution in [-0.2, 0) is 40.1 Å². The lowest BCUT2D eigenvalue weighted by molar-refractivity contribution is 0.483. The van der Waals surface area contributed by atoms with Gasteiger partial charge in [0.1, 0.15) is 0 Å². The van der Waals surface area contributed by atoms with Gasteiger partial charge in [-0.05, 0) is 25.0 Å². The summed E-state index contributed by atoms with van der Waals surface area (Å²) in [6.45, 7) is 1.41. The summed E-state index contributed by atoms with van der Waals surface area (Å²) in [5, 5.41) is 3.24. The maximum Gasteiger partial charge on any atom is 0.294 e. The Morgan fingerprint density at radius 1 is 1.12 bits per heavy atom. The molecule has 0 amide bonds. The fourth-order valence-electron chi connectivity index (χ4n) is 2.60. The fourth-order valence-corrected chi connectivity index (χ4v) is 4.89. The number of nitrogens with zero attached hydrogens (tertiary/aromatic N) is 2. The molecule has 25 heavy (non-hydrogen) atoms. The van der Waals surface area contributed by atoms with E-state index in [4.69, 9.17) is 4.55 Å². The van der Waals surface area contributed by atoms with E-state index in [9.17, 15) is 16.8 Å². The largest absolute Gasteiger partial charge is 0.321 e. The molecule has 4 rings (SSSR count). The molecule has 1 aromatic heterocycles. The quantitative estimate of drug-likeness (QED) is 0.753. The molecule has 1 fully saturated rings. The molecule has 1 saturated carbocycles. The number of nitrogens with one attached hydrogen (secondary N) is 1. The van der Waals surface area contributed by atoms with Crippen molar-refractivity contribution >= 4 is 20.0 Å². The van der Waals surface area contributed by atoms with E-state index in [-0.39, 0.29) is 15.3 Å². The number of aromatic nitrogens is 2. The smallest absolute Gasteiger partial charge is 0.294 e. The van der Waals surface area contributed by atoms with Crippen LogP contribution in [0.3, 0.4) is 0 Å². The summed E-state index contributed by atoms with van der Waals surface area (Å²) in [4.78, 5) is 4.16. The summed E-state index contributed by atoms with van der Waals surface area (Å²) in [6, 6.07) is 7.42. The van der Waals surface area contributed by atoms with Crippen molar-refractivity contribution in [2.24, 2.45) is 7.05 Å². The van der Waals surface area contributed by atoms with Crippen LogP contribution < -0.4 is 5.32 Å². The first-order chi connectivity index (χ1) is 11.7. The average Bonchev–Trinajstić information content (AvgIpc) is 3.24. The summed E-state index contributed by atoms with van der Waals surface area (Å²) in [6.07, 6.45) is 1.58. The second kappa shape index (κ2) is 6.52. The van der Waals surface area contributed by atoms with Crippen LogP contribution >= 0.6 is 0 Å². The average molecular weight is 385 g/mol. The summed E-state index contributed by atoms with van der Waals surface area (Å²) >= 11 is 0. The Hall–Kier alpha value is -1.75.